The minimum absolute atomic E-state index is 0.0144. The zero-order valence-electron chi connectivity index (χ0n) is 13.8. The standard InChI is InChI=1S/C21H21NO2/c1-22-20(23)18-16(14-8-4-2-5-9-14)12-13-17(19(18)21(22)24)15-10-6-3-7-11-15/h2-11,16-19H,12-13H2,1H3/t16-,17+,18+,19-. The summed E-state index contributed by atoms with van der Waals surface area (Å²) in [5.74, 6) is -0.221. The van der Waals surface area contributed by atoms with Crippen LogP contribution in [-0.4, -0.2) is 23.8 Å². The van der Waals surface area contributed by atoms with Crippen molar-refractivity contribution in [2.75, 3.05) is 7.05 Å². The Morgan fingerprint density at radius 1 is 0.708 bits per heavy atom. The van der Waals surface area contributed by atoms with E-state index in [9.17, 15) is 9.59 Å². The molecule has 0 aromatic heterocycles. The van der Waals surface area contributed by atoms with Crippen molar-refractivity contribution in [3.63, 3.8) is 0 Å². The summed E-state index contributed by atoms with van der Waals surface area (Å²) < 4.78 is 0. The van der Waals surface area contributed by atoms with Crippen LogP contribution in [0.2, 0.25) is 0 Å². The second kappa shape index (κ2) is 5.90. The van der Waals surface area contributed by atoms with Crippen molar-refractivity contribution in [2.45, 2.75) is 24.7 Å². The maximum atomic E-state index is 12.8. The van der Waals surface area contributed by atoms with E-state index >= 15 is 0 Å². The molecule has 0 bridgehead atoms. The zero-order chi connectivity index (χ0) is 16.7. The summed E-state index contributed by atoms with van der Waals surface area (Å²) in [5.41, 5.74) is 2.35. The van der Waals surface area contributed by atoms with Gasteiger partial charge in [0.1, 0.15) is 0 Å². The summed E-state index contributed by atoms with van der Waals surface area (Å²) in [6, 6.07) is 20.4. The van der Waals surface area contributed by atoms with Crippen molar-refractivity contribution in [1.29, 1.82) is 0 Å². The Balaban J connectivity index is 1.76. The van der Waals surface area contributed by atoms with Gasteiger partial charge in [0.15, 0.2) is 0 Å². The first-order chi connectivity index (χ1) is 11.7. The molecule has 1 aliphatic heterocycles. The lowest BCUT2D eigenvalue weighted by molar-refractivity contribution is -0.138. The molecule has 1 saturated heterocycles. The maximum Gasteiger partial charge on any atom is 0.233 e. The van der Waals surface area contributed by atoms with Crippen LogP contribution in [0.15, 0.2) is 60.7 Å². The molecule has 122 valence electrons. The van der Waals surface area contributed by atoms with Gasteiger partial charge in [-0.3, -0.25) is 14.5 Å². The molecule has 2 fully saturated rings. The van der Waals surface area contributed by atoms with Crippen LogP contribution in [0.3, 0.4) is 0 Å². The van der Waals surface area contributed by atoms with Gasteiger partial charge >= 0.3 is 0 Å². The second-order valence-corrected chi connectivity index (χ2v) is 6.90. The molecule has 2 aromatic carbocycles. The number of likely N-dealkylation sites (tertiary alicyclic amines) is 1. The molecular weight excluding hydrogens is 298 g/mol. The molecule has 0 unspecified atom stereocenters. The number of benzene rings is 2. The number of carbonyl (C=O) groups is 2. The first-order valence-electron chi connectivity index (χ1n) is 8.60. The van der Waals surface area contributed by atoms with Crippen molar-refractivity contribution in [1.82, 2.24) is 4.90 Å². The van der Waals surface area contributed by atoms with Gasteiger partial charge in [-0.05, 0) is 35.8 Å². The maximum absolute atomic E-state index is 12.8. The predicted octanol–water partition coefficient (Wildman–Crippen LogP) is 3.58. The minimum Gasteiger partial charge on any atom is -0.285 e. The fourth-order valence-electron chi connectivity index (χ4n) is 4.57. The van der Waals surface area contributed by atoms with E-state index in [1.54, 1.807) is 7.05 Å². The van der Waals surface area contributed by atoms with Crippen molar-refractivity contribution < 1.29 is 9.59 Å². The van der Waals surface area contributed by atoms with Crippen molar-refractivity contribution in [3.8, 4) is 0 Å². The van der Waals surface area contributed by atoms with Crippen molar-refractivity contribution in [2.24, 2.45) is 11.8 Å². The number of rotatable bonds is 2. The Bertz CT molecular complexity index is 690. The summed E-state index contributed by atoms with van der Waals surface area (Å²) >= 11 is 0. The van der Waals surface area contributed by atoms with Crippen LogP contribution in [-0.2, 0) is 9.59 Å². The quantitative estimate of drug-likeness (QED) is 0.794. The third-order valence-corrected chi connectivity index (χ3v) is 5.73. The van der Waals surface area contributed by atoms with Crippen LogP contribution in [0.5, 0.6) is 0 Å². The molecule has 1 heterocycles. The van der Waals surface area contributed by atoms with E-state index in [0.29, 0.717) is 0 Å². The van der Waals surface area contributed by atoms with E-state index in [1.807, 2.05) is 36.4 Å². The van der Waals surface area contributed by atoms with E-state index in [-0.39, 0.29) is 35.5 Å². The number of imide groups is 1. The molecule has 0 spiro atoms. The zero-order valence-corrected chi connectivity index (χ0v) is 13.8. The number of hydrogen-bond acceptors (Lipinski definition) is 2. The summed E-state index contributed by atoms with van der Waals surface area (Å²) in [4.78, 5) is 27.0. The number of carbonyl (C=O) groups excluding carboxylic acids is 2. The van der Waals surface area contributed by atoms with Crippen molar-refractivity contribution >= 4 is 11.8 Å². The summed E-state index contributed by atoms with van der Waals surface area (Å²) in [6.45, 7) is 0. The molecule has 2 amide bonds. The largest absolute Gasteiger partial charge is 0.285 e. The molecule has 1 aliphatic carbocycles. The third-order valence-electron chi connectivity index (χ3n) is 5.73. The highest BCUT2D eigenvalue weighted by Crippen LogP contribution is 2.52. The van der Waals surface area contributed by atoms with Gasteiger partial charge in [-0.2, -0.15) is 0 Å². The van der Waals surface area contributed by atoms with Crippen LogP contribution < -0.4 is 0 Å². The number of fused-ring (bicyclic) bond motifs is 1. The lowest BCUT2D eigenvalue weighted by Crippen LogP contribution is -2.34. The average Bonchev–Trinajstić information content (AvgIpc) is 2.87. The lowest BCUT2D eigenvalue weighted by Gasteiger charge is -2.37. The fraction of sp³-hybridized carbons (Fsp3) is 0.333. The summed E-state index contributed by atoms with van der Waals surface area (Å²) in [6.07, 6.45) is 1.88. The monoisotopic (exact) mass is 319 g/mol. The smallest absolute Gasteiger partial charge is 0.233 e. The molecule has 2 aromatic rings. The van der Waals surface area contributed by atoms with Crippen LogP contribution in [0, 0.1) is 11.8 Å². The van der Waals surface area contributed by atoms with Gasteiger partial charge in [-0.1, -0.05) is 60.7 Å². The van der Waals surface area contributed by atoms with Crippen LogP contribution >= 0.6 is 0 Å². The SMILES string of the molecule is CN1C(=O)[C@@H]2[C@H](C1=O)[C@H](c1ccccc1)CC[C@@H]2c1ccccc1. The van der Waals surface area contributed by atoms with E-state index in [4.69, 9.17) is 0 Å². The first-order valence-corrected chi connectivity index (χ1v) is 8.60. The highest BCUT2D eigenvalue weighted by Gasteiger charge is 2.55. The molecule has 3 nitrogen and oxygen atoms in total. The Hall–Kier alpha value is -2.42. The molecule has 0 radical (unpaired) electrons. The Kier molecular flexibility index (Phi) is 3.72. The fourth-order valence-corrected chi connectivity index (χ4v) is 4.57. The predicted molar refractivity (Wildman–Crippen MR) is 92.4 cm³/mol. The van der Waals surface area contributed by atoms with E-state index in [2.05, 4.69) is 24.3 Å². The molecular formula is C21H21NO2. The summed E-state index contributed by atoms with van der Waals surface area (Å²) in [7, 11) is 1.63. The first kappa shape index (κ1) is 15.1. The molecule has 24 heavy (non-hydrogen) atoms. The van der Waals surface area contributed by atoms with Crippen LogP contribution in [0.4, 0.5) is 0 Å². The number of hydrogen-bond donors (Lipinski definition) is 0. The van der Waals surface area contributed by atoms with E-state index in [0.717, 1.165) is 12.8 Å². The van der Waals surface area contributed by atoms with E-state index < -0.39 is 0 Å². The van der Waals surface area contributed by atoms with Crippen LogP contribution in [0.25, 0.3) is 0 Å². The minimum atomic E-state index is -0.233. The van der Waals surface area contributed by atoms with Crippen molar-refractivity contribution in [3.05, 3.63) is 71.8 Å². The second-order valence-electron chi connectivity index (χ2n) is 6.90. The number of amides is 2. The lowest BCUT2D eigenvalue weighted by atomic mass is 9.64. The number of nitrogens with zero attached hydrogens (tertiary/aromatic N) is 1. The molecule has 0 N–H and O–H groups in total. The molecule has 4 atom stereocenters. The normalized spacial score (nSPS) is 29.6. The van der Waals surface area contributed by atoms with Gasteiger partial charge in [0.2, 0.25) is 11.8 Å². The molecule has 1 saturated carbocycles. The molecule has 2 aliphatic rings. The highest BCUT2D eigenvalue weighted by atomic mass is 16.2. The Labute approximate surface area is 142 Å². The Morgan fingerprint density at radius 3 is 1.46 bits per heavy atom. The highest BCUT2D eigenvalue weighted by molar-refractivity contribution is 6.06. The Morgan fingerprint density at radius 2 is 1.08 bits per heavy atom. The van der Waals surface area contributed by atoms with Gasteiger partial charge in [0.25, 0.3) is 0 Å². The summed E-state index contributed by atoms with van der Waals surface area (Å²) in [5, 5.41) is 0. The van der Waals surface area contributed by atoms with Gasteiger partial charge in [-0.15, -0.1) is 0 Å². The van der Waals surface area contributed by atoms with Gasteiger partial charge < -0.3 is 0 Å². The molecule has 3 heteroatoms. The average molecular weight is 319 g/mol. The third kappa shape index (κ3) is 2.27. The van der Waals surface area contributed by atoms with Gasteiger partial charge in [0, 0.05) is 7.05 Å². The van der Waals surface area contributed by atoms with E-state index in [1.165, 1.54) is 16.0 Å². The van der Waals surface area contributed by atoms with Crippen LogP contribution in [0.1, 0.15) is 35.8 Å². The molecule has 4 rings (SSSR count). The topological polar surface area (TPSA) is 37.4 Å². The van der Waals surface area contributed by atoms with Gasteiger partial charge in [0.05, 0.1) is 11.8 Å². The van der Waals surface area contributed by atoms with Gasteiger partial charge in [-0.25, -0.2) is 0 Å².